The summed E-state index contributed by atoms with van der Waals surface area (Å²) in [7, 11) is 0. The summed E-state index contributed by atoms with van der Waals surface area (Å²) >= 11 is 13.2. The third-order valence-corrected chi connectivity index (χ3v) is 4.57. The second-order valence-corrected chi connectivity index (χ2v) is 7.11. The van der Waals surface area contributed by atoms with Gasteiger partial charge >= 0.3 is 6.03 Å². The van der Waals surface area contributed by atoms with E-state index in [0.29, 0.717) is 20.9 Å². The van der Waals surface area contributed by atoms with Crippen LogP contribution in [0.1, 0.15) is 25.8 Å². The maximum absolute atomic E-state index is 11.9. The van der Waals surface area contributed by atoms with Crippen LogP contribution in [0.25, 0.3) is 0 Å². The summed E-state index contributed by atoms with van der Waals surface area (Å²) in [6, 6.07) is 4.56. The molecule has 1 aromatic heterocycles. The highest BCUT2D eigenvalue weighted by Gasteiger charge is 2.20. The monoisotopic (exact) mass is 344 g/mol. The number of hydrogen-bond acceptors (Lipinski definition) is 4. The molecule has 0 aliphatic rings. The second kappa shape index (κ2) is 6.17. The number of halogens is 2. The zero-order valence-electron chi connectivity index (χ0n) is 11.7. The topological polar surface area (TPSA) is 66.9 Å². The van der Waals surface area contributed by atoms with E-state index < -0.39 is 6.03 Å². The van der Waals surface area contributed by atoms with Crippen LogP contribution in [-0.4, -0.2) is 16.2 Å². The lowest BCUT2D eigenvalue weighted by Crippen LogP contribution is -2.19. The molecule has 0 unspecified atom stereocenters. The van der Waals surface area contributed by atoms with Gasteiger partial charge in [0.1, 0.15) is 5.01 Å². The van der Waals surface area contributed by atoms with Gasteiger partial charge in [0, 0.05) is 5.41 Å². The number of urea groups is 1. The molecule has 2 aromatic rings. The van der Waals surface area contributed by atoms with Gasteiger partial charge < -0.3 is 5.32 Å². The van der Waals surface area contributed by atoms with Gasteiger partial charge in [-0.25, -0.2) is 4.79 Å². The molecule has 2 rings (SSSR count). The molecule has 5 nitrogen and oxygen atoms in total. The maximum Gasteiger partial charge on any atom is 0.325 e. The van der Waals surface area contributed by atoms with Crippen LogP contribution in [0.4, 0.5) is 15.6 Å². The van der Waals surface area contributed by atoms with Crippen molar-refractivity contribution in [3.63, 3.8) is 0 Å². The Hall–Kier alpha value is -1.37. The zero-order valence-corrected chi connectivity index (χ0v) is 14.0. The number of amides is 2. The van der Waals surface area contributed by atoms with Crippen LogP contribution in [0.2, 0.25) is 10.0 Å². The summed E-state index contributed by atoms with van der Waals surface area (Å²) < 4.78 is 0. The highest BCUT2D eigenvalue weighted by molar-refractivity contribution is 7.15. The molecule has 8 heteroatoms. The van der Waals surface area contributed by atoms with E-state index in [1.165, 1.54) is 11.3 Å². The van der Waals surface area contributed by atoms with E-state index in [0.717, 1.165) is 5.01 Å². The molecule has 1 aromatic carbocycles. The lowest BCUT2D eigenvalue weighted by atomic mass is 9.98. The largest absolute Gasteiger partial charge is 0.325 e. The van der Waals surface area contributed by atoms with E-state index in [9.17, 15) is 4.79 Å². The summed E-state index contributed by atoms with van der Waals surface area (Å²) in [5.41, 5.74) is 0.326. The Kier molecular flexibility index (Phi) is 4.70. The minimum Gasteiger partial charge on any atom is -0.306 e. The van der Waals surface area contributed by atoms with Crippen molar-refractivity contribution in [1.29, 1.82) is 0 Å². The van der Waals surface area contributed by atoms with Crippen molar-refractivity contribution in [3.8, 4) is 0 Å². The first kappa shape index (κ1) is 16.0. The smallest absolute Gasteiger partial charge is 0.306 e. The van der Waals surface area contributed by atoms with Gasteiger partial charge in [0.05, 0.1) is 15.7 Å². The third kappa shape index (κ3) is 4.06. The SMILES string of the molecule is CC(C)(C)c1nnc(NC(=O)Nc2cccc(Cl)c2Cl)s1. The molecule has 112 valence electrons. The Balaban J connectivity index is 2.05. The number of benzene rings is 1. The van der Waals surface area contributed by atoms with E-state index >= 15 is 0 Å². The summed E-state index contributed by atoms with van der Waals surface area (Å²) in [6.45, 7) is 6.09. The molecule has 0 fully saturated rings. The predicted molar refractivity (Wildman–Crippen MR) is 87.7 cm³/mol. The van der Waals surface area contributed by atoms with Crippen molar-refractivity contribution in [2.24, 2.45) is 0 Å². The molecule has 21 heavy (non-hydrogen) atoms. The number of anilines is 2. The molecule has 0 aliphatic heterocycles. The fraction of sp³-hybridized carbons (Fsp3) is 0.308. The number of carbonyl (C=O) groups is 1. The van der Waals surface area contributed by atoms with Crippen LogP contribution in [0.5, 0.6) is 0 Å². The van der Waals surface area contributed by atoms with Crippen LogP contribution in [-0.2, 0) is 5.41 Å². The number of nitrogens with one attached hydrogen (secondary N) is 2. The highest BCUT2D eigenvalue weighted by Crippen LogP contribution is 2.30. The number of hydrogen-bond donors (Lipinski definition) is 2. The first-order valence-electron chi connectivity index (χ1n) is 6.13. The molecule has 0 bridgehead atoms. The fourth-order valence-electron chi connectivity index (χ4n) is 1.43. The van der Waals surface area contributed by atoms with Crippen LogP contribution in [0, 0.1) is 0 Å². The van der Waals surface area contributed by atoms with E-state index in [-0.39, 0.29) is 5.41 Å². The van der Waals surface area contributed by atoms with Gasteiger partial charge in [0.2, 0.25) is 5.13 Å². The summed E-state index contributed by atoms with van der Waals surface area (Å²) in [6.07, 6.45) is 0. The first-order valence-corrected chi connectivity index (χ1v) is 7.70. The third-order valence-electron chi connectivity index (χ3n) is 2.49. The van der Waals surface area contributed by atoms with Crippen LogP contribution >= 0.6 is 34.5 Å². The average Bonchev–Trinajstić information content (AvgIpc) is 2.83. The standard InChI is InChI=1S/C13H14Cl2N4OS/c1-13(2,3)10-18-19-12(21-10)17-11(20)16-8-6-4-5-7(14)9(8)15/h4-6H,1-3H3,(H2,16,17,19,20). The lowest BCUT2D eigenvalue weighted by molar-refractivity contribution is 0.262. The average molecular weight is 345 g/mol. The summed E-state index contributed by atoms with van der Waals surface area (Å²) in [4.78, 5) is 11.9. The Morgan fingerprint density at radius 2 is 1.90 bits per heavy atom. The number of aromatic nitrogens is 2. The molecule has 2 N–H and O–H groups in total. The van der Waals surface area contributed by atoms with Gasteiger partial charge in [0.25, 0.3) is 0 Å². The molecule has 0 spiro atoms. The van der Waals surface area contributed by atoms with E-state index in [2.05, 4.69) is 20.8 Å². The quantitative estimate of drug-likeness (QED) is 0.823. The zero-order chi connectivity index (χ0) is 15.6. The molecular weight excluding hydrogens is 331 g/mol. The number of carbonyl (C=O) groups excluding carboxylic acids is 1. The molecule has 2 amide bonds. The fourth-order valence-corrected chi connectivity index (χ4v) is 2.57. The minimum absolute atomic E-state index is 0.107. The van der Waals surface area contributed by atoms with Gasteiger partial charge in [-0.1, -0.05) is 61.4 Å². The van der Waals surface area contributed by atoms with Crippen molar-refractivity contribution in [2.45, 2.75) is 26.2 Å². The predicted octanol–water partition coefficient (Wildman–Crippen LogP) is 4.79. The van der Waals surface area contributed by atoms with Gasteiger partial charge in [-0.3, -0.25) is 5.32 Å². The Morgan fingerprint density at radius 1 is 1.19 bits per heavy atom. The molecular formula is C13H14Cl2N4OS. The number of rotatable bonds is 2. The van der Waals surface area contributed by atoms with Crippen molar-refractivity contribution in [1.82, 2.24) is 10.2 Å². The van der Waals surface area contributed by atoms with Crippen molar-refractivity contribution in [2.75, 3.05) is 10.6 Å². The maximum atomic E-state index is 11.9. The summed E-state index contributed by atoms with van der Waals surface area (Å²) in [5.74, 6) is 0. The van der Waals surface area contributed by atoms with Gasteiger partial charge in [0.15, 0.2) is 0 Å². The highest BCUT2D eigenvalue weighted by atomic mass is 35.5. The molecule has 0 saturated carbocycles. The van der Waals surface area contributed by atoms with E-state index in [1.807, 2.05) is 20.8 Å². The molecule has 1 heterocycles. The molecule has 0 atom stereocenters. The van der Waals surface area contributed by atoms with Crippen LogP contribution < -0.4 is 10.6 Å². The lowest BCUT2D eigenvalue weighted by Gasteiger charge is -2.12. The van der Waals surface area contributed by atoms with E-state index in [4.69, 9.17) is 23.2 Å². The molecule has 0 radical (unpaired) electrons. The minimum atomic E-state index is -0.448. The molecule has 0 saturated heterocycles. The first-order chi connectivity index (χ1) is 9.77. The second-order valence-electron chi connectivity index (χ2n) is 5.34. The van der Waals surface area contributed by atoms with E-state index in [1.54, 1.807) is 18.2 Å². The Labute approximate surface area is 136 Å². The van der Waals surface area contributed by atoms with Gasteiger partial charge in [-0.15, -0.1) is 10.2 Å². The van der Waals surface area contributed by atoms with Crippen molar-refractivity contribution in [3.05, 3.63) is 33.3 Å². The Morgan fingerprint density at radius 3 is 2.52 bits per heavy atom. The van der Waals surface area contributed by atoms with Crippen molar-refractivity contribution >= 4 is 51.4 Å². The van der Waals surface area contributed by atoms with Crippen LogP contribution in [0.3, 0.4) is 0 Å². The number of nitrogens with zero attached hydrogens (tertiary/aromatic N) is 2. The Bertz CT molecular complexity index is 666. The van der Waals surface area contributed by atoms with Crippen molar-refractivity contribution < 1.29 is 4.79 Å². The normalized spacial score (nSPS) is 11.3. The van der Waals surface area contributed by atoms with Crippen LogP contribution in [0.15, 0.2) is 18.2 Å². The van der Waals surface area contributed by atoms with Gasteiger partial charge in [-0.2, -0.15) is 0 Å². The van der Waals surface area contributed by atoms with Gasteiger partial charge in [-0.05, 0) is 12.1 Å². The molecule has 0 aliphatic carbocycles. The summed E-state index contributed by atoms with van der Waals surface area (Å²) in [5, 5.41) is 15.2.